The van der Waals surface area contributed by atoms with Crippen LogP contribution in [0, 0.1) is 0 Å². The number of fused-ring (bicyclic) bond motifs is 1. The molecule has 0 unspecified atom stereocenters. The molecular weight excluding hydrogens is 462 g/mol. The number of hydrogen-bond acceptors (Lipinski definition) is 2. The standard InChI is InChI=1S/C23H16Cl2F3N3O/c24-19-8-7-16(12-20(19)25)31-21-6-2-5-17(18(21)13-30-31)22(32)29-10-9-14-3-1-4-15(11-14)23(26,27)28/h1-8,11-13H,9-10H2,(H,29,32). The normalized spacial score (nSPS) is 11.7. The molecule has 0 aliphatic heterocycles. The molecule has 4 nitrogen and oxygen atoms in total. The first-order valence-corrected chi connectivity index (χ1v) is 10.4. The fraction of sp³-hybridized carbons (Fsp3) is 0.130. The molecule has 0 radical (unpaired) electrons. The second kappa shape index (κ2) is 8.84. The van der Waals surface area contributed by atoms with Crippen molar-refractivity contribution >= 4 is 40.0 Å². The third kappa shape index (κ3) is 4.59. The molecule has 0 aliphatic rings. The summed E-state index contributed by atoms with van der Waals surface area (Å²) in [5.74, 6) is -0.337. The highest BCUT2D eigenvalue weighted by molar-refractivity contribution is 6.42. The van der Waals surface area contributed by atoms with Crippen molar-refractivity contribution in [3.8, 4) is 5.69 Å². The van der Waals surface area contributed by atoms with Gasteiger partial charge in [-0.3, -0.25) is 4.79 Å². The van der Waals surface area contributed by atoms with E-state index in [1.54, 1.807) is 47.3 Å². The minimum Gasteiger partial charge on any atom is -0.352 e. The zero-order chi connectivity index (χ0) is 22.9. The summed E-state index contributed by atoms with van der Waals surface area (Å²) in [7, 11) is 0. The highest BCUT2D eigenvalue weighted by Crippen LogP contribution is 2.30. The van der Waals surface area contributed by atoms with Gasteiger partial charge in [-0.1, -0.05) is 47.5 Å². The van der Waals surface area contributed by atoms with Crippen LogP contribution in [-0.2, 0) is 12.6 Å². The molecule has 1 heterocycles. The first-order valence-electron chi connectivity index (χ1n) is 9.60. The SMILES string of the molecule is O=C(NCCc1cccc(C(F)(F)F)c1)c1cccc2c1cnn2-c1ccc(Cl)c(Cl)c1. The van der Waals surface area contributed by atoms with Gasteiger partial charge < -0.3 is 5.32 Å². The topological polar surface area (TPSA) is 46.9 Å². The predicted molar refractivity (Wildman–Crippen MR) is 119 cm³/mol. The van der Waals surface area contributed by atoms with Crippen LogP contribution in [0.15, 0.2) is 66.9 Å². The zero-order valence-electron chi connectivity index (χ0n) is 16.5. The Hall–Kier alpha value is -3.03. The number of benzene rings is 3. The summed E-state index contributed by atoms with van der Waals surface area (Å²) >= 11 is 12.1. The van der Waals surface area contributed by atoms with Gasteiger partial charge in [-0.05, 0) is 48.4 Å². The van der Waals surface area contributed by atoms with Gasteiger partial charge in [0.05, 0.1) is 38.6 Å². The monoisotopic (exact) mass is 477 g/mol. The Morgan fingerprint density at radius 1 is 1.00 bits per heavy atom. The van der Waals surface area contributed by atoms with Gasteiger partial charge in [0.1, 0.15) is 0 Å². The quantitative estimate of drug-likeness (QED) is 0.365. The third-order valence-electron chi connectivity index (χ3n) is 4.96. The van der Waals surface area contributed by atoms with E-state index >= 15 is 0 Å². The van der Waals surface area contributed by atoms with Crippen molar-refractivity contribution in [1.29, 1.82) is 0 Å². The fourth-order valence-corrected chi connectivity index (χ4v) is 3.68. The van der Waals surface area contributed by atoms with Crippen LogP contribution in [0.3, 0.4) is 0 Å². The molecule has 0 saturated heterocycles. The van der Waals surface area contributed by atoms with Gasteiger partial charge in [0, 0.05) is 11.9 Å². The molecule has 164 valence electrons. The van der Waals surface area contributed by atoms with Gasteiger partial charge in [0.2, 0.25) is 0 Å². The number of aromatic nitrogens is 2. The molecule has 0 saturated carbocycles. The van der Waals surface area contributed by atoms with E-state index in [9.17, 15) is 18.0 Å². The Morgan fingerprint density at radius 3 is 2.53 bits per heavy atom. The molecule has 1 N–H and O–H groups in total. The first kappa shape index (κ1) is 22.2. The molecule has 1 aromatic heterocycles. The van der Waals surface area contributed by atoms with E-state index in [0.29, 0.717) is 37.8 Å². The van der Waals surface area contributed by atoms with Gasteiger partial charge in [0.25, 0.3) is 5.91 Å². The summed E-state index contributed by atoms with van der Waals surface area (Å²) in [6.07, 6.45) is -2.54. The number of rotatable bonds is 5. The maximum Gasteiger partial charge on any atom is 0.416 e. The highest BCUT2D eigenvalue weighted by Gasteiger charge is 2.30. The van der Waals surface area contributed by atoms with Crippen molar-refractivity contribution < 1.29 is 18.0 Å². The lowest BCUT2D eigenvalue weighted by molar-refractivity contribution is -0.137. The van der Waals surface area contributed by atoms with Crippen molar-refractivity contribution in [2.24, 2.45) is 0 Å². The number of halogens is 5. The third-order valence-corrected chi connectivity index (χ3v) is 5.70. The van der Waals surface area contributed by atoms with E-state index in [-0.39, 0.29) is 18.9 Å². The molecule has 0 spiro atoms. The van der Waals surface area contributed by atoms with Gasteiger partial charge in [-0.25, -0.2) is 4.68 Å². The molecule has 0 fully saturated rings. The van der Waals surface area contributed by atoms with Crippen LogP contribution in [0.4, 0.5) is 13.2 Å². The molecule has 0 atom stereocenters. The molecule has 4 aromatic rings. The van der Waals surface area contributed by atoms with Crippen LogP contribution in [0.5, 0.6) is 0 Å². The summed E-state index contributed by atoms with van der Waals surface area (Å²) in [6, 6.07) is 15.4. The molecule has 0 bridgehead atoms. The molecule has 3 aromatic carbocycles. The Kier molecular flexibility index (Phi) is 6.13. The number of carbonyl (C=O) groups excluding carboxylic acids is 1. The average molecular weight is 478 g/mol. The van der Waals surface area contributed by atoms with E-state index in [1.807, 2.05) is 6.07 Å². The average Bonchev–Trinajstić information content (AvgIpc) is 3.19. The smallest absolute Gasteiger partial charge is 0.352 e. The summed E-state index contributed by atoms with van der Waals surface area (Å²) < 4.78 is 40.2. The lowest BCUT2D eigenvalue weighted by Gasteiger charge is -2.10. The van der Waals surface area contributed by atoms with E-state index in [1.165, 1.54) is 6.07 Å². The van der Waals surface area contributed by atoms with Crippen LogP contribution in [-0.4, -0.2) is 22.2 Å². The molecule has 32 heavy (non-hydrogen) atoms. The number of nitrogens with one attached hydrogen (secondary N) is 1. The Balaban J connectivity index is 1.51. The minimum atomic E-state index is -4.40. The zero-order valence-corrected chi connectivity index (χ0v) is 18.0. The van der Waals surface area contributed by atoms with Crippen LogP contribution in [0.25, 0.3) is 16.6 Å². The largest absolute Gasteiger partial charge is 0.416 e. The van der Waals surface area contributed by atoms with Crippen molar-refractivity contribution in [1.82, 2.24) is 15.1 Å². The maximum absolute atomic E-state index is 12.9. The number of alkyl halides is 3. The summed E-state index contributed by atoms with van der Waals surface area (Å²) in [4.78, 5) is 12.8. The van der Waals surface area contributed by atoms with Crippen LogP contribution >= 0.6 is 23.2 Å². The predicted octanol–water partition coefficient (Wildman–Crippen LogP) is 6.32. The number of nitrogens with zero attached hydrogens (tertiary/aromatic N) is 2. The van der Waals surface area contributed by atoms with E-state index in [4.69, 9.17) is 23.2 Å². The van der Waals surface area contributed by atoms with Crippen molar-refractivity contribution in [2.75, 3.05) is 6.54 Å². The molecule has 4 rings (SSSR count). The second-order valence-corrected chi connectivity index (χ2v) is 7.91. The van der Waals surface area contributed by atoms with E-state index < -0.39 is 11.7 Å². The lowest BCUT2D eigenvalue weighted by Crippen LogP contribution is -2.25. The van der Waals surface area contributed by atoms with Crippen LogP contribution in [0.1, 0.15) is 21.5 Å². The fourth-order valence-electron chi connectivity index (χ4n) is 3.39. The van der Waals surface area contributed by atoms with Crippen molar-refractivity contribution in [3.05, 3.63) is 93.6 Å². The Morgan fingerprint density at radius 2 is 1.78 bits per heavy atom. The lowest BCUT2D eigenvalue weighted by atomic mass is 10.1. The van der Waals surface area contributed by atoms with Crippen LogP contribution < -0.4 is 5.32 Å². The molecule has 9 heteroatoms. The molecule has 0 aliphatic carbocycles. The first-order chi connectivity index (χ1) is 15.2. The van der Waals surface area contributed by atoms with Crippen LogP contribution in [0.2, 0.25) is 10.0 Å². The Bertz CT molecular complexity index is 1300. The highest BCUT2D eigenvalue weighted by atomic mass is 35.5. The van der Waals surface area contributed by atoms with Gasteiger partial charge in [-0.2, -0.15) is 18.3 Å². The summed E-state index contributed by atoms with van der Waals surface area (Å²) in [6.45, 7) is 0.192. The van der Waals surface area contributed by atoms with E-state index in [2.05, 4.69) is 10.4 Å². The van der Waals surface area contributed by atoms with Gasteiger partial charge in [0.15, 0.2) is 0 Å². The van der Waals surface area contributed by atoms with Crippen molar-refractivity contribution in [3.63, 3.8) is 0 Å². The number of amides is 1. The molecular formula is C23H16Cl2F3N3O. The van der Waals surface area contributed by atoms with E-state index in [0.717, 1.165) is 12.1 Å². The molecule has 1 amide bonds. The summed E-state index contributed by atoms with van der Waals surface area (Å²) in [5.41, 5.74) is 1.59. The number of carbonyl (C=O) groups is 1. The van der Waals surface area contributed by atoms with Gasteiger partial charge in [-0.15, -0.1) is 0 Å². The second-order valence-electron chi connectivity index (χ2n) is 7.10. The van der Waals surface area contributed by atoms with Crippen molar-refractivity contribution in [2.45, 2.75) is 12.6 Å². The number of hydrogen-bond donors (Lipinski definition) is 1. The maximum atomic E-state index is 12.9. The summed E-state index contributed by atoms with van der Waals surface area (Å²) in [5, 5.41) is 8.58. The minimum absolute atomic E-state index is 0.192. The van der Waals surface area contributed by atoms with Gasteiger partial charge >= 0.3 is 6.18 Å². The Labute approximate surface area is 191 Å².